The number of sulfone groups is 1. The van der Waals surface area contributed by atoms with Crippen molar-refractivity contribution in [2.24, 2.45) is 0 Å². The fraction of sp³-hybridized carbons (Fsp3) is 0.250. The Morgan fingerprint density at radius 2 is 1.86 bits per heavy atom. The molecule has 0 aliphatic rings. The standard InChI is InChI=1S/C12H11F3N2O2S2/c1-21(18,19)9-4-2-8(3-5-9)6-16-11-17-7-10(20-11)12(13,14)15/h2-5,7H,6H2,1H3,(H,16,17). The lowest BCUT2D eigenvalue weighted by molar-refractivity contribution is -0.134. The molecular weight excluding hydrogens is 325 g/mol. The number of alkyl halides is 3. The SMILES string of the molecule is CS(=O)(=O)c1ccc(CNc2ncc(C(F)(F)F)s2)cc1. The molecule has 0 saturated heterocycles. The number of anilines is 1. The highest BCUT2D eigenvalue weighted by Gasteiger charge is 2.33. The van der Waals surface area contributed by atoms with E-state index < -0.39 is 20.9 Å². The monoisotopic (exact) mass is 336 g/mol. The van der Waals surface area contributed by atoms with Gasteiger partial charge in [0, 0.05) is 12.8 Å². The summed E-state index contributed by atoms with van der Waals surface area (Å²) >= 11 is 0.523. The van der Waals surface area contributed by atoms with Gasteiger partial charge in [-0.25, -0.2) is 13.4 Å². The fourth-order valence-electron chi connectivity index (χ4n) is 1.52. The highest BCUT2D eigenvalue weighted by Crippen LogP contribution is 2.35. The molecule has 114 valence electrons. The molecule has 0 fully saturated rings. The molecule has 0 aliphatic heterocycles. The molecule has 2 rings (SSSR count). The lowest BCUT2D eigenvalue weighted by Crippen LogP contribution is -2.01. The third-order valence-electron chi connectivity index (χ3n) is 2.58. The Kier molecular flexibility index (Phi) is 4.24. The molecule has 0 aliphatic carbocycles. The topological polar surface area (TPSA) is 59.1 Å². The summed E-state index contributed by atoms with van der Waals surface area (Å²) in [6.07, 6.45) is -2.51. The zero-order chi connectivity index (χ0) is 15.7. The van der Waals surface area contributed by atoms with Gasteiger partial charge in [0.1, 0.15) is 4.88 Å². The van der Waals surface area contributed by atoms with Crippen molar-refractivity contribution < 1.29 is 21.6 Å². The summed E-state index contributed by atoms with van der Waals surface area (Å²) in [4.78, 5) is 3.07. The van der Waals surface area contributed by atoms with Crippen LogP contribution in [0, 0.1) is 0 Å². The predicted molar refractivity (Wildman–Crippen MR) is 74.0 cm³/mol. The second kappa shape index (κ2) is 5.64. The molecule has 1 heterocycles. The minimum atomic E-state index is -4.39. The molecule has 1 aromatic carbocycles. The molecule has 0 atom stereocenters. The fourth-order valence-corrected chi connectivity index (χ4v) is 2.83. The smallest absolute Gasteiger partial charge is 0.357 e. The van der Waals surface area contributed by atoms with Crippen molar-refractivity contribution in [3.05, 3.63) is 40.9 Å². The van der Waals surface area contributed by atoms with Crippen molar-refractivity contribution in [1.29, 1.82) is 0 Å². The highest BCUT2D eigenvalue weighted by atomic mass is 32.2. The van der Waals surface area contributed by atoms with Gasteiger partial charge in [0.05, 0.1) is 11.1 Å². The minimum absolute atomic E-state index is 0.162. The van der Waals surface area contributed by atoms with Gasteiger partial charge in [0.2, 0.25) is 0 Å². The van der Waals surface area contributed by atoms with E-state index >= 15 is 0 Å². The largest absolute Gasteiger partial charge is 0.427 e. The molecule has 0 unspecified atom stereocenters. The Morgan fingerprint density at radius 3 is 2.33 bits per heavy atom. The third-order valence-corrected chi connectivity index (χ3v) is 4.71. The first kappa shape index (κ1) is 15.8. The number of benzene rings is 1. The van der Waals surface area contributed by atoms with Gasteiger partial charge in [0.15, 0.2) is 15.0 Å². The summed E-state index contributed by atoms with van der Waals surface area (Å²) in [5.74, 6) is 0. The molecule has 1 aromatic heterocycles. The van der Waals surface area contributed by atoms with Gasteiger partial charge in [-0.15, -0.1) is 0 Å². The van der Waals surface area contributed by atoms with Gasteiger partial charge in [0.25, 0.3) is 0 Å². The van der Waals surface area contributed by atoms with Crippen LogP contribution >= 0.6 is 11.3 Å². The number of aromatic nitrogens is 1. The molecule has 4 nitrogen and oxygen atoms in total. The Bertz CT molecular complexity index is 722. The Morgan fingerprint density at radius 1 is 1.24 bits per heavy atom. The number of nitrogens with zero attached hydrogens (tertiary/aromatic N) is 1. The zero-order valence-electron chi connectivity index (χ0n) is 10.8. The summed E-state index contributed by atoms with van der Waals surface area (Å²) in [5, 5.41) is 2.93. The van der Waals surface area contributed by atoms with Gasteiger partial charge in [-0.2, -0.15) is 13.2 Å². The Hall–Kier alpha value is -1.61. The van der Waals surface area contributed by atoms with Crippen molar-refractivity contribution in [3.8, 4) is 0 Å². The van der Waals surface area contributed by atoms with Crippen LogP contribution in [0.1, 0.15) is 10.4 Å². The average molecular weight is 336 g/mol. The molecular formula is C12H11F3N2O2S2. The summed E-state index contributed by atoms with van der Waals surface area (Å²) in [7, 11) is -3.26. The molecule has 0 radical (unpaired) electrons. The minimum Gasteiger partial charge on any atom is -0.357 e. The third kappa shape index (κ3) is 4.18. The van der Waals surface area contributed by atoms with Crippen LogP contribution in [-0.4, -0.2) is 19.7 Å². The van der Waals surface area contributed by atoms with Crippen molar-refractivity contribution in [2.75, 3.05) is 11.6 Å². The highest BCUT2D eigenvalue weighted by molar-refractivity contribution is 7.90. The van der Waals surface area contributed by atoms with Crippen LogP contribution < -0.4 is 5.32 Å². The molecule has 0 amide bonds. The normalized spacial score (nSPS) is 12.4. The van der Waals surface area contributed by atoms with E-state index in [-0.39, 0.29) is 16.6 Å². The quantitative estimate of drug-likeness (QED) is 0.932. The van der Waals surface area contributed by atoms with Crippen LogP contribution in [0.15, 0.2) is 35.4 Å². The van der Waals surface area contributed by atoms with Gasteiger partial charge >= 0.3 is 6.18 Å². The van der Waals surface area contributed by atoms with Crippen LogP contribution in [0.25, 0.3) is 0 Å². The maximum atomic E-state index is 12.4. The number of nitrogens with one attached hydrogen (secondary N) is 1. The maximum Gasteiger partial charge on any atom is 0.427 e. The van der Waals surface area contributed by atoms with Gasteiger partial charge < -0.3 is 5.32 Å². The first-order chi connectivity index (χ1) is 9.66. The average Bonchev–Trinajstić information content (AvgIpc) is 2.84. The zero-order valence-corrected chi connectivity index (χ0v) is 12.4. The Balaban J connectivity index is 2.02. The predicted octanol–water partition coefficient (Wildman–Crippen LogP) is 3.18. The van der Waals surface area contributed by atoms with Crippen LogP contribution in [0.3, 0.4) is 0 Å². The van der Waals surface area contributed by atoms with Gasteiger partial charge in [-0.3, -0.25) is 0 Å². The van der Waals surface area contributed by atoms with Crippen molar-refractivity contribution in [2.45, 2.75) is 17.6 Å². The van der Waals surface area contributed by atoms with E-state index in [2.05, 4.69) is 10.3 Å². The van der Waals surface area contributed by atoms with Crippen LogP contribution in [0.2, 0.25) is 0 Å². The van der Waals surface area contributed by atoms with Gasteiger partial charge in [-0.05, 0) is 17.7 Å². The summed E-state index contributed by atoms with van der Waals surface area (Å²) in [6.45, 7) is 0.259. The van der Waals surface area contributed by atoms with E-state index in [0.717, 1.165) is 18.0 Å². The number of rotatable bonds is 4. The number of hydrogen-bond acceptors (Lipinski definition) is 5. The Labute approximate surface area is 123 Å². The molecule has 1 N–H and O–H groups in total. The van der Waals surface area contributed by atoms with E-state index in [0.29, 0.717) is 11.3 Å². The van der Waals surface area contributed by atoms with E-state index in [1.165, 1.54) is 12.1 Å². The maximum absolute atomic E-state index is 12.4. The van der Waals surface area contributed by atoms with Crippen molar-refractivity contribution in [3.63, 3.8) is 0 Å². The first-order valence-electron chi connectivity index (χ1n) is 5.72. The lowest BCUT2D eigenvalue weighted by atomic mass is 10.2. The second-order valence-corrected chi connectivity index (χ2v) is 7.34. The summed E-state index contributed by atoms with van der Waals surface area (Å²) < 4.78 is 59.8. The first-order valence-corrected chi connectivity index (χ1v) is 8.43. The summed E-state index contributed by atoms with van der Waals surface area (Å²) in [5.41, 5.74) is 0.742. The lowest BCUT2D eigenvalue weighted by Gasteiger charge is -2.04. The molecule has 0 saturated carbocycles. The molecule has 0 bridgehead atoms. The van der Waals surface area contributed by atoms with E-state index in [1.807, 2.05) is 0 Å². The number of hydrogen-bond donors (Lipinski definition) is 1. The molecule has 2 aromatic rings. The van der Waals surface area contributed by atoms with Crippen molar-refractivity contribution >= 4 is 26.3 Å². The van der Waals surface area contributed by atoms with E-state index in [4.69, 9.17) is 0 Å². The van der Waals surface area contributed by atoms with Crippen molar-refractivity contribution in [1.82, 2.24) is 4.98 Å². The molecule has 9 heteroatoms. The van der Waals surface area contributed by atoms with Crippen LogP contribution in [0.4, 0.5) is 18.3 Å². The summed E-state index contributed by atoms with van der Waals surface area (Å²) in [6, 6.07) is 6.11. The van der Waals surface area contributed by atoms with Gasteiger partial charge in [-0.1, -0.05) is 23.5 Å². The number of halogens is 3. The van der Waals surface area contributed by atoms with E-state index in [1.54, 1.807) is 12.1 Å². The van der Waals surface area contributed by atoms with Crippen LogP contribution in [-0.2, 0) is 22.6 Å². The number of thiazole rings is 1. The molecule has 21 heavy (non-hydrogen) atoms. The van der Waals surface area contributed by atoms with Crippen LogP contribution in [0.5, 0.6) is 0 Å². The second-order valence-electron chi connectivity index (χ2n) is 4.30. The van der Waals surface area contributed by atoms with E-state index in [9.17, 15) is 21.6 Å². The molecule has 0 spiro atoms.